The number of thiophene rings is 2. The number of rotatable bonds is 13. The molecule has 4 aromatic carbocycles. The van der Waals surface area contributed by atoms with Gasteiger partial charge in [-0.05, 0) is 197 Å². The number of halogens is 2. The third-order valence-electron chi connectivity index (χ3n) is 25.0. The van der Waals surface area contributed by atoms with Crippen LogP contribution < -0.4 is 28.7 Å². The molecule has 0 radical (unpaired) electrons. The fraction of sp³-hybridized carbons (Fsp3) is 0.298. The Morgan fingerprint density at radius 2 is 0.896 bits per heavy atom. The van der Waals surface area contributed by atoms with Crippen LogP contribution in [-0.2, 0) is 65.8 Å². The Hall–Kier alpha value is -15.5. The summed E-state index contributed by atoms with van der Waals surface area (Å²) in [7, 11) is 11.5. The number of carbonyl (C=O) groups excluding carboxylic acids is 5. The zero-order chi connectivity index (χ0) is 97.7. The average molecular weight is 1850 g/mol. The summed E-state index contributed by atoms with van der Waals surface area (Å²) in [5, 5.41) is 13.0. The lowest BCUT2D eigenvalue weighted by atomic mass is 9.77. The molecular formula is C104H106F2N22O5S2. The van der Waals surface area contributed by atoms with Crippen LogP contribution >= 0.6 is 22.7 Å². The summed E-state index contributed by atoms with van der Waals surface area (Å²) in [6, 6.07) is 45.3. The first kappa shape index (κ1) is 97.1. The smallest absolute Gasteiger partial charge is 0.354 e. The lowest BCUT2D eigenvalue weighted by Crippen LogP contribution is -2.60. The number of nitrogens with zero attached hydrogens (tertiary/aromatic N) is 17. The van der Waals surface area contributed by atoms with Gasteiger partial charge in [0, 0.05) is 152 Å². The number of aromatic nitrogens is 7. The molecule has 1 fully saturated rings. The number of benzene rings is 4. The molecule has 10 N–H and O–H groups in total. The van der Waals surface area contributed by atoms with E-state index in [1.807, 2.05) is 183 Å². The molecule has 5 amide bonds. The molecule has 0 bridgehead atoms. The minimum absolute atomic E-state index is 0.0432. The van der Waals surface area contributed by atoms with Gasteiger partial charge in [-0.3, -0.25) is 72.8 Å². The maximum atomic E-state index is 14.8. The number of amides is 5. The van der Waals surface area contributed by atoms with Gasteiger partial charge >= 0.3 is 11.8 Å². The van der Waals surface area contributed by atoms with Gasteiger partial charge in [0.1, 0.15) is 16.6 Å². The molecule has 31 heteroatoms. The number of hydrogen-bond donors (Lipinski definition) is 5. The Bertz CT molecular complexity index is 7000. The van der Waals surface area contributed by atoms with Crippen molar-refractivity contribution in [2.75, 3.05) is 35.2 Å². The standard InChI is InChI=1S/C27H28N4OS.C21H20N4O.2C19H21N5O.C18H16F2N4OS/c1-6-7-18-12-21(15-29-14-18)22-13-23(33-16-22)27(4)24(25(32)31(5)26(28)30-27)20-10-8-19(9-11-20)17(2)3;1-3-5-14-10-16(13-23-12-14)15-6-4-7-18(11-15)21(17-8-9-17)19(26)25(2)20(22)24-21;1-6-13-8-7-9-14(10-13)15-11-16(24(5)22-15)19(3)12(2)17(25)23(4)18(20)21-19;1-5-7-13-8-6-9-14(10-13)15-11-16(24(4)22-15)19(2)12-17(25)23(3)18(20)21-19;1-4-5-11-6-12(9-22-8-11)13-7-14(26-10-13)17(2)18(19,20)15(25)24(3)16(21)23-17/h8-17,24H,1-5H3,(H2,28,30);4,6-7,10-13,17H,8-9H2,1-2H3,(H2,22,24);1,7-12H,2-5H3,(H2,20,21);6,8-11H,12H2,1-4H3,(H2,20,21);6-10H,1-3H3,(H2,21,23)/t24-,27+;21-;12?,19-;19-;17-/m01001/s1. The predicted octanol–water partition coefficient (Wildman–Crippen LogP) is 14.0. The molecule has 1 saturated carbocycles. The van der Waals surface area contributed by atoms with E-state index >= 15 is 0 Å². The van der Waals surface area contributed by atoms with Crippen molar-refractivity contribution in [1.29, 1.82) is 0 Å². The summed E-state index contributed by atoms with van der Waals surface area (Å²) in [6.45, 7) is 20.4. The first-order valence-electron chi connectivity index (χ1n) is 43.4. The molecule has 17 rings (SSSR count). The number of alkyl halides is 2. The van der Waals surface area contributed by atoms with Gasteiger partial charge in [-0.25, -0.2) is 25.0 Å². The molecule has 1 aliphatic carbocycles. The van der Waals surface area contributed by atoms with Crippen LogP contribution in [0.4, 0.5) is 8.78 Å². The van der Waals surface area contributed by atoms with E-state index in [2.05, 4.69) is 136 Å². The highest BCUT2D eigenvalue weighted by atomic mass is 32.1. The molecular weight excluding hydrogens is 1740 g/mol. The van der Waals surface area contributed by atoms with E-state index < -0.39 is 45.4 Å². The molecule has 27 nitrogen and oxygen atoms in total. The number of likely N-dealkylation sites (N-methyl/N-ethyl adjacent to an activating group) is 2. The molecule has 1 unspecified atom stereocenters. The highest BCUT2D eigenvalue weighted by Gasteiger charge is 2.63. The zero-order valence-corrected chi connectivity index (χ0v) is 80.1. The van der Waals surface area contributed by atoms with E-state index in [1.165, 1.54) is 39.1 Å². The SMILES string of the molecule is C#Cc1cccc(-c2cc([C@@]3(C)N=C(N)N(C)C(=O)C3C)n(C)n2)c1.CC#Cc1cccc(-c2cc([C@]3(C)CC(=O)N(C)C(N)=N3)n(C)n2)c1.CC#Cc1cncc(-c2cccc([C@@]3(C4CC4)N=C(N)N(C)C3=O)c2)c1.CC#Cc1cncc(-c2csc([C@@]3(C)N=C(N)N(C)C(=O)C3(F)F)c2)c1.CC#Cc1cncc(-c2csc([C@@]3(C)N=C(N)N(C)C(=O)[C@@H]3c3ccc(C(C)C)cc3)c2)c1. The van der Waals surface area contributed by atoms with Crippen LogP contribution in [0.1, 0.15) is 173 Å². The van der Waals surface area contributed by atoms with E-state index in [1.54, 1.807) is 99.0 Å². The summed E-state index contributed by atoms with van der Waals surface area (Å²) in [5.41, 5.74) is 42.3. The number of pyridine rings is 3. The van der Waals surface area contributed by atoms with Crippen LogP contribution in [0, 0.1) is 71.5 Å². The third-order valence-corrected chi connectivity index (χ3v) is 27.3. The van der Waals surface area contributed by atoms with E-state index in [0.717, 1.165) is 130 Å². The first-order chi connectivity index (χ1) is 64.1. The molecule has 5 aliphatic heterocycles. The summed E-state index contributed by atoms with van der Waals surface area (Å²) >= 11 is 2.68. The lowest BCUT2D eigenvalue weighted by Gasteiger charge is -2.40. The fourth-order valence-corrected chi connectivity index (χ4v) is 18.9. The zero-order valence-electron chi connectivity index (χ0n) is 78.5. The number of terminal acetylenes is 1. The van der Waals surface area contributed by atoms with Crippen molar-refractivity contribution in [3.8, 4) is 116 Å². The Labute approximate surface area is 793 Å². The number of carbonyl (C=O) groups is 5. The van der Waals surface area contributed by atoms with Gasteiger partial charge in [0.05, 0.1) is 41.0 Å². The van der Waals surface area contributed by atoms with Crippen molar-refractivity contribution in [2.24, 2.45) is 79.6 Å². The topological polar surface area (TPSA) is 368 Å². The summed E-state index contributed by atoms with van der Waals surface area (Å²) < 4.78 is 33.0. The maximum absolute atomic E-state index is 14.8. The Balaban J connectivity index is 0.000000144. The van der Waals surface area contributed by atoms with Gasteiger partial charge in [-0.15, -0.1) is 52.8 Å². The fourth-order valence-electron chi connectivity index (χ4n) is 16.7. The van der Waals surface area contributed by atoms with E-state index in [4.69, 9.17) is 40.1 Å². The van der Waals surface area contributed by atoms with E-state index in [9.17, 15) is 32.8 Å². The lowest BCUT2D eigenvalue weighted by molar-refractivity contribution is -0.165. The van der Waals surface area contributed by atoms with Crippen molar-refractivity contribution in [1.82, 2.24) is 59.0 Å². The Morgan fingerprint density at radius 1 is 0.452 bits per heavy atom. The molecule has 12 heterocycles. The molecule has 0 saturated heterocycles. The summed E-state index contributed by atoms with van der Waals surface area (Å²) in [4.78, 5) is 106. The van der Waals surface area contributed by atoms with Gasteiger partial charge in [0.25, 0.3) is 5.91 Å². The van der Waals surface area contributed by atoms with Gasteiger partial charge < -0.3 is 28.7 Å². The highest BCUT2D eigenvalue weighted by Crippen LogP contribution is 2.53. The van der Waals surface area contributed by atoms with Crippen molar-refractivity contribution in [3.05, 3.63) is 253 Å². The monoisotopic (exact) mass is 1840 g/mol. The van der Waals surface area contributed by atoms with Crippen LogP contribution in [0.3, 0.4) is 0 Å². The second-order valence-electron chi connectivity index (χ2n) is 34.5. The molecule has 11 aromatic rings. The van der Waals surface area contributed by atoms with Crippen molar-refractivity contribution >= 4 is 82.0 Å². The maximum Gasteiger partial charge on any atom is 0.354 e. The molecule has 0 spiro atoms. The molecule has 7 aromatic heterocycles. The molecule has 6 aliphatic rings. The van der Waals surface area contributed by atoms with Gasteiger partial charge in [0.2, 0.25) is 17.7 Å². The predicted molar refractivity (Wildman–Crippen MR) is 528 cm³/mol. The minimum Gasteiger partial charge on any atom is -0.369 e. The van der Waals surface area contributed by atoms with Crippen molar-refractivity contribution in [2.45, 2.75) is 141 Å². The highest BCUT2D eigenvalue weighted by molar-refractivity contribution is 7.11. The normalized spacial score (nSPS) is 21.5. The number of nitrogens with two attached hydrogens (primary N) is 5. The van der Waals surface area contributed by atoms with Gasteiger partial charge in [-0.2, -0.15) is 19.0 Å². The number of hydrogen-bond acceptors (Lipinski definition) is 22. The van der Waals surface area contributed by atoms with Crippen LogP contribution in [-0.4, -0.2) is 160 Å². The first-order valence-corrected chi connectivity index (χ1v) is 45.1. The van der Waals surface area contributed by atoms with Gasteiger partial charge in [0.15, 0.2) is 40.9 Å². The van der Waals surface area contributed by atoms with Crippen molar-refractivity contribution < 1.29 is 32.8 Å². The average Bonchev–Trinajstić information content (AvgIpc) is 1.63. The van der Waals surface area contributed by atoms with Crippen LogP contribution in [0.25, 0.3) is 55.9 Å². The van der Waals surface area contributed by atoms with E-state index in [-0.39, 0.29) is 76.6 Å². The van der Waals surface area contributed by atoms with Crippen molar-refractivity contribution in [3.63, 3.8) is 0 Å². The quantitative estimate of drug-likeness (QED) is 0.0670. The Kier molecular flexibility index (Phi) is 28.1. The Morgan fingerprint density at radius 3 is 1.41 bits per heavy atom. The van der Waals surface area contributed by atoms with Gasteiger partial charge in [-0.1, -0.05) is 117 Å². The second kappa shape index (κ2) is 39.1. The van der Waals surface area contributed by atoms with Crippen LogP contribution in [0.5, 0.6) is 0 Å². The van der Waals surface area contributed by atoms with Crippen LogP contribution in [0.15, 0.2) is 212 Å². The number of aliphatic imine (C=N–C) groups is 5. The second-order valence-corrected chi connectivity index (χ2v) is 36.3. The molecule has 7 atom stereocenters. The minimum atomic E-state index is -3.71. The van der Waals surface area contributed by atoms with Crippen LogP contribution in [0.2, 0.25) is 0 Å². The molecule has 135 heavy (non-hydrogen) atoms. The summed E-state index contributed by atoms with van der Waals surface area (Å²) in [5.74, 6) is 21.4. The summed E-state index contributed by atoms with van der Waals surface area (Å²) in [6.07, 6.45) is 18.1. The third kappa shape index (κ3) is 19.3. The van der Waals surface area contributed by atoms with E-state index in [0.29, 0.717) is 16.4 Å². The number of aryl methyl sites for hydroxylation is 2. The number of guanidine groups is 5. The largest absolute Gasteiger partial charge is 0.369 e. The molecule has 688 valence electrons.